The second kappa shape index (κ2) is 8.35. The molecule has 1 heterocycles. The van der Waals surface area contributed by atoms with Crippen molar-refractivity contribution in [2.45, 2.75) is 64.0 Å². The average Bonchev–Trinajstić information content (AvgIpc) is 2.46. The van der Waals surface area contributed by atoms with Gasteiger partial charge in [0.05, 0.1) is 0 Å². The molecule has 3 atom stereocenters. The molecule has 0 radical (unpaired) electrons. The lowest BCUT2D eigenvalue weighted by molar-refractivity contribution is 0.0992. The summed E-state index contributed by atoms with van der Waals surface area (Å²) in [7, 11) is 4.47. The molecule has 1 saturated carbocycles. The van der Waals surface area contributed by atoms with Crippen LogP contribution in [0.25, 0.3) is 0 Å². The Balaban J connectivity index is 1.83. The lowest BCUT2D eigenvalue weighted by Gasteiger charge is -2.41. The molecule has 0 aromatic heterocycles. The van der Waals surface area contributed by atoms with Gasteiger partial charge in [0, 0.05) is 25.2 Å². The Bertz CT molecular complexity index is 267. The monoisotopic (exact) mass is 281 g/mol. The number of rotatable bonds is 6. The van der Waals surface area contributed by atoms with E-state index in [1.54, 1.807) is 0 Å². The molecule has 1 saturated heterocycles. The minimum atomic E-state index is 0.773. The molecule has 1 aliphatic carbocycles. The highest BCUT2D eigenvalue weighted by atomic mass is 15.2. The fraction of sp³-hybridized carbons (Fsp3) is 1.00. The predicted molar refractivity (Wildman–Crippen MR) is 87.2 cm³/mol. The van der Waals surface area contributed by atoms with E-state index in [1.807, 2.05) is 0 Å². The summed E-state index contributed by atoms with van der Waals surface area (Å²) in [4.78, 5) is 5.16. The lowest BCUT2D eigenvalue weighted by atomic mass is 9.83. The van der Waals surface area contributed by atoms with Crippen molar-refractivity contribution in [3.05, 3.63) is 0 Å². The van der Waals surface area contributed by atoms with Crippen LogP contribution in [0.2, 0.25) is 0 Å². The number of likely N-dealkylation sites (tertiary alicyclic amines) is 1. The number of nitrogens with zero attached hydrogens (tertiary/aromatic N) is 2. The zero-order valence-corrected chi connectivity index (χ0v) is 13.9. The Morgan fingerprint density at radius 1 is 1.10 bits per heavy atom. The minimum Gasteiger partial charge on any atom is -0.314 e. The molecule has 0 aromatic carbocycles. The molecule has 20 heavy (non-hydrogen) atoms. The van der Waals surface area contributed by atoms with Crippen LogP contribution in [0.5, 0.6) is 0 Å². The van der Waals surface area contributed by atoms with Gasteiger partial charge in [-0.3, -0.25) is 0 Å². The first-order chi connectivity index (χ1) is 9.70. The Morgan fingerprint density at radius 2 is 1.90 bits per heavy atom. The van der Waals surface area contributed by atoms with Gasteiger partial charge in [0.25, 0.3) is 0 Å². The lowest BCUT2D eigenvalue weighted by Crippen LogP contribution is -2.50. The Labute approximate surface area is 126 Å². The van der Waals surface area contributed by atoms with Gasteiger partial charge in [-0.15, -0.1) is 0 Å². The highest BCUT2D eigenvalue weighted by Crippen LogP contribution is 2.26. The van der Waals surface area contributed by atoms with Crippen LogP contribution in [0.4, 0.5) is 0 Å². The molecule has 1 aliphatic heterocycles. The highest BCUT2D eigenvalue weighted by molar-refractivity contribution is 4.86. The summed E-state index contributed by atoms with van der Waals surface area (Å²) < 4.78 is 0. The van der Waals surface area contributed by atoms with E-state index in [4.69, 9.17) is 0 Å². The van der Waals surface area contributed by atoms with E-state index in [0.717, 1.165) is 18.0 Å². The maximum atomic E-state index is 3.81. The van der Waals surface area contributed by atoms with Crippen LogP contribution in [0.3, 0.4) is 0 Å². The fourth-order valence-corrected chi connectivity index (χ4v) is 3.97. The molecule has 2 rings (SSSR count). The summed E-state index contributed by atoms with van der Waals surface area (Å²) in [6.45, 7) is 7.40. The minimum absolute atomic E-state index is 0.773. The third-order valence-electron chi connectivity index (χ3n) is 5.27. The summed E-state index contributed by atoms with van der Waals surface area (Å²) in [5, 5.41) is 3.81. The molecular formula is C17H35N3. The van der Waals surface area contributed by atoms with Gasteiger partial charge in [0.1, 0.15) is 0 Å². The van der Waals surface area contributed by atoms with Crippen molar-refractivity contribution in [2.75, 3.05) is 40.3 Å². The summed E-state index contributed by atoms with van der Waals surface area (Å²) >= 11 is 0. The van der Waals surface area contributed by atoms with Gasteiger partial charge in [-0.25, -0.2) is 0 Å². The van der Waals surface area contributed by atoms with Crippen LogP contribution >= 0.6 is 0 Å². The number of hydrogen-bond donors (Lipinski definition) is 1. The quantitative estimate of drug-likeness (QED) is 0.807. The molecule has 3 unspecified atom stereocenters. The van der Waals surface area contributed by atoms with Gasteiger partial charge in [-0.1, -0.05) is 19.8 Å². The van der Waals surface area contributed by atoms with Crippen LogP contribution < -0.4 is 5.32 Å². The second-order valence-corrected chi connectivity index (χ2v) is 7.12. The molecule has 3 heteroatoms. The number of piperidine rings is 1. The normalized spacial score (nSPS) is 32.7. The van der Waals surface area contributed by atoms with Gasteiger partial charge in [0.2, 0.25) is 0 Å². The second-order valence-electron chi connectivity index (χ2n) is 7.12. The fourth-order valence-electron chi connectivity index (χ4n) is 3.97. The zero-order valence-electron chi connectivity index (χ0n) is 13.9. The molecular weight excluding hydrogens is 246 g/mol. The van der Waals surface area contributed by atoms with E-state index in [2.05, 4.69) is 36.1 Å². The Kier molecular flexibility index (Phi) is 6.79. The molecule has 0 spiro atoms. The molecule has 0 aromatic rings. The molecule has 2 aliphatic rings. The number of likely N-dealkylation sites (N-methyl/N-ethyl adjacent to an activating group) is 1. The van der Waals surface area contributed by atoms with Gasteiger partial charge in [0.15, 0.2) is 0 Å². The third kappa shape index (κ3) is 4.71. The molecule has 3 nitrogen and oxygen atoms in total. The highest BCUT2D eigenvalue weighted by Gasteiger charge is 2.29. The maximum Gasteiger partial charge on any atom is 0.0217 e. The van der Waals surface area contributed by atoms with E-state index in [1.165, 1.54) is 71.1 Å². The van der Waals surface area contributed by atoms with Crippen LogP contribution in [0, 0.1) is 5.92 Å². The van der Waals surface area contributed by atoms with Crippen LogP contribution in [0.15, 0.2) is 0 Å². The van der Waals surface area contributed by atoms with Crippen molar-refractivity contribution in [1.29, 1.82) is 0 Å². The van der Waals surface area contributed by atoms with Crippen molar-refractivity contribution >= 4 is 0 Å². The zero-order chi connectivity index (χ0) is 14.4. The average molecular weight is 281 g/mol. The summed E-state index contributed by atoms with van der Waals surface area (Å²) in [6.07, 6.45) is 9.72. The van der Waals surface area contributed by atoms with Crippen LogP contribution in [0.1, 0.15) is 51.9 Å². The van der Waals surface area contributed by atoms with Crippen molar-refractivity contribution in [3.63, 3.8) is 0 Å². The summed E-state index contributed by atoms with van der Waals surface area (Å²) in [5.41, 5.74) is 0. The molecule has 0 bridgehead atoms. The van der Waals surface area contributed by atoms with Gasteiger partial charge in [-0.05, 0) is 65.2 Å². The van der Waals surface area contributed by atoms with E-state index in [-0.39, 0.29) is 0 Å². The third-order valence-corrected chi connectivity index (χ3v) is 5.27. The maximum absolute atomic E-state index is 3.81. The van der Waals surface area contributed by atoms with Crippen molar-refractivity contribution < 1.29 is 0 Å². The topological polar surface area (TPSA) is 18.5 Å². The van der Waals surface area contributed by atoms with E-state index < -0.39 is 0 Å². The van der Waals surface area contributed by atoms with Gasteiger partial charge in [-0.2, -0.15) is 0 Å². The SMILES string of the molecule is CCCNC1CCCCC1CN1CCCC(N(C)C)C1. The van der Waals surface area contributed by atoms with Crippen molar-refractivity contribution in [2.24, 2.45) is 5.92 Å². The Morgan fingerprint density at radius 3 is 2.65 bits per heavy atom. The van der Waals surface area contributed by atoms with Crippen LogP contribution in [-0.2, 0) is 0 Å². The van der Waals surface area contributed by atoms with E-state index >= 15 is 0 Å². The van der Waals surface area contributed by atoms with Gasteiger partial charge >= 0.3 is 0 Å². The van der Waals surface area contributed by atoms with Gasteiger partial charge < -0.3 is 15.1 Å². The first-order valence-corrected chi connectivity index (χ1v) is 8.83. The molecule has 118 valence electrons. The molecule has 2 fully saturated rings. The van der Waals surface area contributed by atoms with Crippen molar-refractivity contribution in [1.82, 2.24) is 15.1 Å². The van der Waals surface area contributed by atoms with Crippen molar-refractivity contribution in [3.8, 4) is 0 Å². The molecule has 1 N–H and O–H groups in total. The smallest absolute Gasteiger partial charge is 0.0217 e. The van der Waals surface area contributed by atoms with E-state index in [9.17, 15) is 0 Å². The standard InChI is InChI=1S/C17H35N3/c1-4-11-18-17-10-6-5-8-15(17)13-20-12-7-9-16(14-20)19(2)3/h15-18H,4-14H2,1-3H3. The van der Waals surface area contributed by atoms with E-state index in [0.29, 0.717) is 0 Å². The van der Waals surface area contributed by atoms with Crippen LogP contribution in [-0.4, -0.2) is 62.2 Å². The predicted octanol–water partition coefficient (Wildman–Crippen LogP) is 2.57. The summed E-state index contributed by atoms with van der Waals surface area (Å²) in [6, 6.07) is 1.55. The molecule has 0 amide bonds. The number of nitrogens with one attached hydrogen (secondary N) is 1. The number of hydrogen-bond acceptors (Lipinski definition) is 3. The largest absolute Gasteiger partial charge is 0.314 e. The summed E-state index contributed by atoms with van der Waals surface area (Å²) in [5.74, 6) is 0.885. The Hall–Kier alpha value is -0.120. The first-order valence-electron chi connectivity index (χ1n) is 8.83. The first kappa shape index (κ1) is 16.3.